The molecule has 1 saturated heterocycles. The SMILES string of the molecule is CC1CC(Cc2ccc(C(F)(F)F)cc2N)CCN1. The molecule has 2 nitrogen and oxygen atoms in total. The van der Waals surface area contributed by atoms with Crippen molar-refractivity contribution in [2.75, 3.05) is 12.3 Å². The zero-order valence-corrected chi connectivity index (χ0v) is 10.9. The van der Waals surface area contributed by atoms with E-state index in [2.05, 4.69) is 12.2 Å². The molecule has 0 aromatic heterocycles. The number of hydrogen-bond acceptors (Lipinski definition) is 2. The number of anilines is 1. The van der Waals surface area contributed by atoms with E-state index in [9.17, 15) is 13.2 Å². The minimum atomic E-state index is -4.32. The second-order valence-electron chi connectivity index (χ2n) is 5.36. The van der Waals surface area contributed by atoms with Crippen LogP contribution in [0.25, 0.3) is 0 Å². The zero-order chi connectivity index (χ0) is 14.0. The van der Waals surface area contributed by atoms with Crippen LogP contribution < -0.4 is 11.1 Å². The molecule has 0 bridgehead atoms. The van der Waals surface area contributed by atoms with Crippen LogP contribution in [0.4, 0.5) is 18.9 Å². The van der Waals surface area contributed by atoms with Crippen molar-refractivity contribution in [2.45, 2.75) is 38.4 Å². The Morgan fingerprint density at radius 1 is 1.37 bits per heavy atom. The number of benzene rings is 1. The van der Waals surface area contributed by atoms with E-state index in [1.165, 1.54) is 6.07 Å². The van der Waals surface area contributed by atoms with Crippen molar-refractivity contribution >= 4 is 5.69 Å². The molecule has 19 heavy (non-hydrogen) atoms. The number of piperidine rings is 1. The number of nitrogens with two attached hydrogens (primary N) is 1. The van der Waals surface area contributed by atoms with Gasteiger partial charge in [0.1, 0.15) is 0 Å². The van der Waals surface area contributed by atoms with E-state index >= 15 is 0 Å². The molecule has 1 fully saturated rings. The van der Waals surface area contributed by atoms with Gasteiger partial charge >= 0.3 is 6.18 Å². The molecule has 2 unspecified atom stereocenters. The minimum absolute atomic E-state index is 0.251. The van der Waals surface area contributed by atoms with Gasteiger partial charge in [0, 0.05) is 11.7 Å². The van der Waals surface area contributed by atoms with Crippen molar-refractivity contribution < 1.29 is 13.2 Å². The average molecular weight is 272 g/mol. The summed E-state index contributed by atoms with van der Waals surface area (Å²) in [5.41, 5.74) is 6.16. The summed E-state index contributed by atoms with van der Waals surface area (Å²) in [4.78, 5) is 0. The highest BCUT2D eigenvalue weighted by Gasteiger charge is 2.31. The van der Waals surface area contributed by atoms with Gasteiger partial charge in [0.15, 0.2) is 0 Å². The average Bonchev–Trinajstić information content (AvgIpc) is 2.30. The molecule has 106 valence electrons. The standard InChI is InChI=1S/C14H19F3N2/c1-9-6-10(4-5-19-9)7-11-2-3-12(8-13(11)18)14(15,16)17/h2-3,8-10,19H,4-7,18H2,1H3. The van der Waals surface area contributed by atoms with E-state index in [1.807, 2.05) is 0 Å². The molecule has 2 atom stereocenters. The largest absolute Gasteiger partial charge is 0.416 e. The van der Waals surface area contributed by atoms with Gasteiger partial charge < -0.3 is 11.1 Å². The number of halogens is 3. The van der Waals surface area contributed by atoms with Crippen LogP contribution in [-0.2, 0) is 12.6 Å². The van der Waals surface area contributed by atoms with Crippen LogP contribution in [0.5, 0.6) is 0 Å². The van der Waals surface area contributed by atoms with E-state index in [-0.39, 0.29) is 5.69 Å². The van der Waals surface area contributed by atoms with Crippen molar-refractivity contribution in [3.05, 3.63) is 29.3 Å². The highest BCUT2D eigenvalue weighted by Crippen LogP contribution is 2.32. The van der Waals surface area contributed by atoms with E-state index in [1.54, 1.807) is 0 Å². The van der Waals surface area contributed by atoms with Crippen molar-refractivity contribution in [3.63, 3.8) is 0 Å². The Bertz CT molecular complexity index is 443. The van der Waals surface area contributed by atoms with Crippen LogP contribution in [0.15, 0.2) is 18.2 Å². The van der Waals surface area contributed by atoms with Crippen molar-refractivity contribution in [1.29, 1.82) is 0 Å². The summed E-state index contributed by atoms with van der Waals surface area (Å²) in [5.74, 6) is 0.496. The first-order valence-corrected chi connectivity index (χ1v) is 6.55. The molecule has 1 aliphatic rings. The second-order valence-corrected chi connectivity index (χ2v) is 5.36. The predicted octanol–water partition coefficient (Wildman–Crippen LogP) is 3.22. The molecule has 0 aliphatic carbocycles. The Kier molecular flexibility index (Phi) is 4.04. The second kappa shape index (κ2) is 5.41. The first kappa shape index (κ1) is 14.2. The predicted molar refractivity (Wildman–Crippen MR) is 69.7 cm³/mol. The molecule has 2 rings (SSSR count). The van der Waals surface area contributed by atoms with Crippen LogP contribution in [0.3, 0.4) is 0 Å². The van der Waals surface area contributed by atoms with Gasteiger partial charge in [-0.05, 0) is 56.3 Å². The van der Waals surface area contributed by atoms with E-state index in [0.717, 1.165) is 43.5 Å². The summed E-state index contributed by atoms with van der Waals surface area (Å²) in [5, 5.41) is 3.36. The number of hydrogen-bond donors (Lipinski definition) is 2. The first-order chi connectivity index (χ1) is 8.86. The van der Waals surface area contributed by atoms with Gasteiger partial charge in [-0.25, -0.2) is 0 Å². The lowest BCUT2D eigenvalue weighted by atomic mass is 9.87. The first-order valence-electron chi connectivity index (χ1n) is 6.55. The molecule has 1 aromatic rings. The van der Waals surface area contributed by atoms with Crippen LogP contribution in [-0.4, -0.2) is 12.6 Å². The molecule has 0 radical (unpaired) electrons. The Morgan fingerprint density at radius 3 is 2.68 bits per heavy atom. The third-order valence-corrected chi connectivity index (χ3v) is 3.71. The van der Waals surface area contributed by atoms with Gasteiger partial charge in [0.05, 0.1) is 5.56 Å². The smallest absolute Gasteiger partial charge is 0.398 e. The normalized spacial score (nSPS) is 24.4. The summed E-state index contributed by atoms with van der Waals surface area (Å²) < 4.78 is 37.6. The van der Waals surface area contributed by atoms with Crippen LogP contribution >= 0.6 is 0 Å². The zero-order valence-electron chi connectivity index (χ0n) is 10.9. The summed E-state index contributed by atoms with van der Waals surface area (Å²) in [6.45, 7) is 3.09. The summed E-state index contributed by atoms with van der Waals surface area (Å²) >= 11 is 0. The summed E-state index contributed by atoms with van der Waals surface area (Å²) in [6, 6.07) is 4.15. The Labute approximate surface area is 111 Å². The van der Waals surface area contributed by atoms with Gasteiger partial charge in [0.2, 0.25) is 0 Å². The molecular weight excluding hydrogens is 253 g/mol. The minimum Gasteiger partial charge on any atom is -0.398 e. The van der Waals surface area contributed by atoms with E-state index in [4.69, 9.17) is 5.73 Å². The van der Waals surface area contributed by atoms with Gasteiger partial charge in [-0.3, -0.25) is 0 Å². The van der Waals surface area contributed by atoms with Gasteiger partial charge in [-0.1, -0.05) is 6.07 Å². The Hall–Kier alpha value is -1.23. The third-order valence-electron chi connectivity index (χ3n) is 3.71. The fraction of sp³-hybridized carbons (Fsp3) is 0.571. The summed E-state index contributed by atoms with van der Waals surface area (Å²) in [7, 11) is 0. The molecule has 3 N–H and O–H groups in total. The molecule has 0 spiro atoms. The molecular formula is C14H19F3N2. The molecule has 1 heterocycles. The quantitative estimate of drug-likeness (QED) is 0.811. The fourth-order valence-corrected chi connectivity index (χ4v) is 2.69. The maximum Gasteiger partial charge on any atom is 0.416 e. The van der Waals surface area contributed by atoms with Crippen molar-refractivity contribution in [3.8, 4) is 0 Å². The highest BCUT2D eigenvalue weighted by molar-refractivity contribution is 5.50. The molecule has 5 heteroatoms. The van der Waals surface area contributed by atoms with E-state index in [0.29, 0.717) is 12.0 Å². The van der Waals surface area contributed by atoms with Crippen LogP contribution in [0.1, 0.15) is 30.9 Å². The topological polar surface area (TPSA) is 38.0 Å². The van der Waals surface area contributed by atoms with E-state index < -0.39 is 11.7 Å². The van der Waals surface area contributed by atoms with Crippen molar-refractivity contribution in [1.82, 2.24) is 5.32 Å². The maximum absolute atomic E-state index is 12.5. The van der Waals surface area contributed by atoms with Gasteiger partial charge in [0.25, 0.3) is 0 Å². The number of rotatable bonds is 2. The Balaban J connectivity index is 2.09. The third kappa shape index (κ3) is 3.62. The van der Waals surface area contributed by atoms with Gasteiger partial charge in [-0.2, -0.15) is 13.2 Å². The fourth-order valence-electron chi connectivity index (χ4n) is 2.69. The Morgan fingerprint density at radius 2 is 2.11 bits per heavy atom. The number of alkyl halides is 3. The molecule has 0 saturated carbocycles. The number of nitrogen functional groups attached to an aromatic ring is 1. The number of nitrogens with one attached hydrogen (secondary N) is 1. The van der Waals surface area contributed by atoms with Gasteiger partial charge in [-0.15, -0.1) is 0 Å². The lowest BCUT2D eigenvalue weighted by molar-refractivity contribution is -0.137. The van der Waals surface area contributed by atoms with Crippen LogP contribution in [0.2, 0.25) is 0 Å². The molecule has 1 aromatic carbocycles. The lowest BCUT2D eigenvalue weighted by Gasteiger charge is -2.28. The summed E-state index contributed by atoms with van der Waals surface area (Å²) in [6.07, 6.45) is -1.48. The lowest BCUT2D eigenvalue weighted by Crippen LogP contribution is -2.36. The molecule has 1 aliphatic heterocycles. The van der Waals surface area contributed by atoms with Crippen molar-refractivity contribution in [2.24, 2.45) is 5.92 Å². The monoisotopic (exact) mass is 272 g/mol. The highest BCUT2D eigenvalue weighted by atomic mass is 19.4. The van der Waals surface area contributed by atoms with Crippen LogP contribution in [0, 0.1) is 5.92 Å². The maximum atomic E-state index is 12.5. The molecule has 0 amide bonds.